The summed E-state index contributed by atoms with van der Waals surface area (Å²) in [5.41, 5.74) is 4.25. The summed E-state index contributed by atoms with van der Waals surface area (Å²) in [4.78, 5) is 34.9. The molecular weight excluding hydrogens is 821 g/mol. The van der Waals surface area contributed by atoms with Crippen LogP contribution in [0.2, 0.25) is 0 Å². The molecule has 358 valence electrons. The molecular formula is C49H76N4O11. The van der Waals surface area contributed by atoms with E-state index in [-0.39, 0.29) is 78.1 Å². The van der Waals surface area contributed by atoms with Gasteiger partial charge in [0.15, 0.2) is 6.29 Å². The number of nitrogens with zero attached hydrogens (tertiary/aromatic N) is 1. The number of carboxylic acids is 1. The maximum atomic E-state index is 13.7. The van der Waals surface area contributed by atoms with Crippen molar-refractivity contribution in [1.29, 1.82) is 0 Å². The summed E-state index contributed by atoms with van der Waals surface area (Å²) < 4.78 is 12.5. The van der Waals surface area contributed by atoms with Crippen molar-refractivity contribution in [2.75, 3.05) is 26.4 Å². The largest absolute Gasteiger partial charge is 0.481 e. The highest BCUT2D eigenvalue weighted by Gasteiger charge is 2.80. The highest BCUT2D eigenvalue weighted by molar-refractivity contribution is 5.79. The van der Waals surface area contributed by atoms with E-state index in [0.717, 1.165) is 50.6 Å². The molecule has 1 aromatic heterocycles. The summed E-state index contributed by atoms with van der Waals surface area (Å²) in [5.74, 6) is -1.99. The molecule has 2 bridgehead atoms. The second-order valence-corrected chi connectivity index (χ2v) is 23.2. The number of amides is 1. The number of aliphatic hydroxyl groups is 6. The van der Waals surface area contributed by atoms with Crippen LogP contribution >= 0.6 is 0 Å². The van der Waals surface area contributed by atoms with Gasteiger partial charge in [0.2, 0.25) is 5.91 Å². The Hall–Kier alpha value is -2.47. The lowest BCUT2D eigenvalue weighted by Gasteiger charge is -2.80. The maximum absolute atomic E-state index is 13.7. The van der Waals surface area contributed by atoms with Gasteiger partial charge in [0.05, 0.1) is 37.2 Å². The van der Waals surface area contributed by atoms with E-state index in [2.05, 4.69) is 42.1 Å². The van der Waals surface area contributed by atoms with Crippen LogP contribution in [0.15, 0.2) is 24.2 Å². The summed E-state index contributed by atoms with van der Waals surface area (Å²) in [5, 5.41) is 82.6. The number of carbonyl (C=O) groups is 2. The molecule has 15 nitrogen and oxygen atoms in total. The van der Waals surface area contributed by atoms with Crippen LogP contribution in [-0.2, 0) is 19.1 Å². The van der Waals surface area contributed by atoms with E-state index in [1.165, 1.54) is 5.57 Å². The van der Waals surface area contributed by atoms with Crippen LogP contribution in [0.4, 0.5) is 0 Å². The minimum absolute atomic E-state index is 0.0123. The maximum Gasteiger partial charge on any atom is 0.310 e. The van der Waals surface area contributed by atoms with Crippen molar-refractivity contribution in [3.05, 3.63) is 29.9 Å². The standard InChI is InChI=1S/C49H76N4O11/c1-43(24-54)14-15-47(42(61)62)16-17-48-10-6-11-49(13-8-29(48)31(47)21-43)45(48,3)12-9-34-44(2,25-55)40(64-41-39(60)38(59)33(56)23-63-41)37(58)30(46(34,49)4)19-27-20-35(57)53-36(27)28(7-5-18-50)32-22-51-26-52-32/h8,22,26-28,30-31,33-34,36-41,54-56,58-60H,5-7,9-21,23-25,50H2,1-4H3,(H,51,52)(H,53,57)(H,61,62)/t27-,28+,30+,31-,33+,34+,36-,37+,38-,39+,40+,41-,43-,44-,45-,46-,47-,48+,49-/m0/s1. The molecule has 1 aromatic rings. The monoisotopic (exact) mass is 897 g/mol. The Morgan fingerprint density at radius 2 is 1.77 bits per heavy atom. The van der Waals surface area contributed by atoms with E-state index in [4.69, 9.17) is 15.2 Å². The summed E-state index contributed by atoms with van der Waals surface area (Å²) in [7, 11) is 0. The quantitative estimate of drug-likeness (QED) is 0.107. The molecule has 11 N–H and O–H groups in total. The fourth-order valence-electron chi connectivity index (χ4n) is 17.5. The second-order valence-electron chi connectivity index (χ2n) is 23.2. The number of nitrogens with one attached hydrogen (secondary N) is 2. The third-order valence-electron chi connectivity index (χ3n) is 20.9. The molecule has 15 heteroatoms. The molecule has 9 rings (SSSR count). The van der Waals surface area contributed by atoms with Gasteiger partial charge in [-0.15, -0.1) is 0 Å². The number of hydrogen-bond acceptors (Lipinski definition) is 12. The lowest BCUT2D eigenvalue weighted by Crippen LogP contribution is -2.77. The average molecular weight is 897 g/mol. The van der Waals surface area contributed by atoms with E-state index >= 15 is 0 Å². The van der Waals surface area contributed by atoms with Crippen molar-refractivity contribution in [2.45, 2.75) is 173 Å². The van der Waals surface area contributed by atoms with E-state index in [9.17, 15) is 45.3 Å². The van der Waals surface area contributed by atoms with Crippen molar-refractivity contribution in [2.24, 2.45) is 67.3 Å². The number of rotatable bonds is 12. The Labute approximate surface area is 377 Å². The molecule has 2 aliphatic heterocycles. The Morgan fingerprint density at radius 3 is 2.45 bits per heavy atom. The third-order valence-corrected chi connectivity index (χ3v) is 20.9. The van der Waals surface area contributed by atoms with Crippen LogP contribution in [0, 0.1) is 61.6 Å². The molecule has 0 unspecified atom stereocenters. The number of H-pyrrole nitrogens is 1. The van der Waals surface area contributed by atoms with E-state index < -0.39 is 70.4 Å². The van der Waals surface area contributed by atoms with Crippen molar-refractivity contribution in [3.63, 3.8) is 0 Å². The molecule has 8 aliphatic rings. The molecule has 19 atom stereocenters. The number of aromatic amines is 1. The number of aliphatic carboxylic acids is 1. The number of imidazole rings is 1. The zero-order valence-corrected chi connectivity index (χ0v) is 38.4. The fourth-order valence-corrected chi connectivity index (χ4v) is 17.5. The smallest absolute Gasteiger partial charge is 0.310 e. The Morgan fingerprint density at radius 1 is 1.00 bits per heavy atom. The molecule has 6 aliphatic carbocycles. The predicted molar refractivity (Wildman–Crippen MR) is 234 cm³/mol. The first-order chi connectivity index (χ1) is 30.4. The predicted octanol–water partition coefficient (Wildman–Crippen LogP) is 3.51. The van der Waals surface area contributed by atoms with Gasteiger partial charge in [0.1, 0.15) is 18.3 Å². The fraction of sp³-hybridized carbons (Fsp3) is 0.857. The number of allylic oxidation sites excluding steroid dienone is 2. The van der Waals surface area contributed by atoms with Crippen molar-refractivity contribution >= 4 is 11.9 Å². The molecule has 2 saturated heterocycles. The number of hydrogen-bond donors (Lipinski definition) is 10. The van der Waals surface area contributed by atoms with Gasteiger partial charge in [-0.2, -0.15) is 0 Å². The van der Waals surface area contributed by atoms with E-state index in [1.807, 2.05) is 13.1 Å². The van der Waals surface area contributed by atoms with Crippen LogP contribution in [0.1, 0.15) is 136 Å². The highest BCUT2D eigenvalue weighted by atomic mass is 16.7. The SMILES string of the molecule is C[C@]1(CO)CC[C@]2(C(=O)O)CC[C@]34CCC[C@@]5(CC=C3[C@@H]2C1)[C@@]1(C)[C@H](C[C@H]2CC(=O)N[C@@H]2[C@H](CCCN)c2cnc[nH]2)[C@@H](O)[C@@H](O[C@@H]2OC[C@@H](O)[C@H](O)[C@H]2O)[C@@](C)(CO)[C@H]1CC[C@@]45C. The molecule has 1 spiro atoms. The molecule has 0 radical (unpaired) electrons. The van der Waals surface area contributed by atoms with Crippen LogP contribution in [0.3, 0.4) is 0 Å². The van der Waals surface area contributed by atoms with Crippen molar-refractivity contribution in [1.82, 2.24) is 15.3 Å². The number of ether oxygens (including phenoxy) is 2. The van der Waals surface area contributed by atoms with Crippen molar-refractivity contribution in [3.8, 4) is 0 Å². The zero-order valence-electron chi connectivity index (χ0n) is 38.4. The van der Waals surface area contributed by atoms with Crippen LogP contribution in [0.5, 0.6) is 0 Å². The number of nitrogens with two attached hydrogens (primary N) is 1. The lowest BCUT2D eigenvalue weighted by molar-refractivity contribution is -0.358. The minimum Gasteiger partial charge on any atom is -0.481 e. The highest BCUT2D eigenvalue weighted by Crippen LogP contribution is 2.85. The molecule has 0 aromatic carbocycles. The lowest BCUT2D eigenvalue weighted by atomic mass is 9.24. The number of aromatic nitrogens is 2. The first kappa shape index (κ1) is 46.6. The minimum atomic E-state index is -1.60. The number of aliphatic hydroxyl groups excluding tert-OH is 6. The first-order valence-electron chi connectivity index (χ1n) is 24.5. The number of carbonyl (C=O) groups excluding carboxylic acids is 1. The third kappa shape index (κ3) is 6.33. The van der Waals surface area contributed by atoms with Gasteiger partial charge in [0.25, 0.3) is 0 Å². The molecule has 64 heavy (non-hydrogen) atoms. The van der Waals surface area contributed by atoms with Gasteiger partial charge >= 0.3 is 5.97 Å². The number of fused-ring (bicyclic) bond motifs is 3. The Balaban J connectivity index is 1.19. The van der Waals surface area contributed by atoms with Gasteiger partial charge in [-0.1, -0.05) is 45.8 Å². The summed E-state index contributed by atoms with van der Waals surface area (Å²) >= 11 is 0. The van der Waals surface area contributed by atoms with Gasteiger partial charge in [0, 0.05) is 42.3 Å². The van der Waals surface area contributed by atoms with Crippen LogP contribution in [-0.4, -0.2) is 127 Å². The average Bonchev–Trinajstić information content (AvgIpc) is 3.93. The van der Waals surface area contributed by atoms with Gasteiger partial charge in [-0.05, 0) is 141 Å². The van der Waals surface area contributed by atoms with Crippen molar-refractivity contribution < 1.29 is 54.8 Å². The van der Waals surface area contributed by atoms with Gasteiger partial charge in [-0.3, -0.25) is 9.59 Å². The Kier molecular flexibility index (Phi) is 11.9. The van der Waals surface area contributed by atoms with E-state index in [0.29, 0.717) is 51.5 Å². The topological polar surface area (TPSA) is 261 Å². The van der Waals surface area contributed by atoms with Crippen LogP contribution in [0.25, 0.3) is 0 Å². The van der Waals surface area contributed by atoms with Crippen LogP contribution < -0.4 is 11.1 Å². The van der Waals surface area contributed by atoms with Gasteiger partial charge < -0.3 is 61.3 Å². The van der Waals surface area contributed by atoms with E-state index in [1.54, 1.807) is 6.33 Å². The molecule has 5 saturated carbocycles. The normalized spacial score (nSPS) is 50.3. The first-order valence-corrected chi connectivity index (χ1v) is 24.5. The zero-order chi connectivity index (χ0) is 45.8. The molecule has 3 heterocycles. The van der Waals surface area contributed by atoms with Gasteiger partial charge in [-0.25, -0.2) is 4.98 Å². The number of carboxylic acid groups (broad SMARTS) is 1. The molecule has 1 amide bonds. The Bertz CT molecular complexity index is 1950. The summed E-state index contributed by atoms with van der Waals surface area (Å²) in [6, 6.07) is -0.281. The summed E-state index contributed by atoms with van der Waals surface area (Å²) in [6.07, 6.45) is 8.10. The summed E-state index contributed by atoms with van der Waals surface area (Å²) in [6.45, 7) is 8.80. The second kappa shape index (κ2) is 16.4. The molecule has 7 fully saturated rings.